The summed E-state index contributed by atoms with van der Waals surface area (Å²) in [5, 5.41) is 12.0. The first-order chi connectivity index (χ1) is 15.0. The number of amides is 2. The van der Waals surface area contributed by atoms with Crippen molar-refractivity contribution < 1.29 is 14.0 Å². The van der Waals surface area contributed by atoms with Gasteiger partial charge in [0.05, 0.1) is 17.7 Å². The van der Waals surface area contributed by atoms with Gasteiger partial charge >= 0.3 is 0 Å². The molecule has 0 spiro atoms. The summed E-state index contributed by atoms with van der Waals surface area (Å²) in [6.45, 7) is 2.44. The van der Waals surface area contributed by atoms with Crippen LogP contribution in [0.1, 0.15) is 50.4 Å². The van der Waals surface area contributed by atoms with Gasteiger partial charge in [-0.3, -0.25) is 9.59 Å². The molecule has 1 heterocycles. The van der Waals surface area contributed by atoms with Gasteiger partial charge in [0.2, 0.25) is 0 Å². The van der Waals surface area contributed by atoms with Gasteiger partial charge < -0.3 is 10.2 Å². The monoisotopic (exact) mass is 413 g/mol. The summed E-state index contributed by atoms with van der Waals surface area (Å²) in [4.78, 5) is 27.1. The van der Waals surface area contributed by atoms with E-state index in [9.17, 15) is 14.0 Å². The van der Waals surface area contributed by atoms with E-state index < -0.39 is 0 Å². The van der Waals surface area contributed by atoms with Crippen LogP contribution in [0.15, 0.2) is 66.7 Å². The quantitative estimate of drug-likeness (QED) is 0.689. The van der Waals surface area contributed by atoms with Gasteiger partial charge in [-0.15, -0.1) is 0 Å². The number of benzene rings is 3. The third-order valence-electron chi connectivity index (χ3n) is 5.44. The van der Waals surface area contributed by atoms with Crippen LogP contribution in [-0.2, 0) is 6.42 Å². The molecule has 0 fully saturated rings. The molecule has 1 aliphatic rings. The standard InChI is InChI=1S/C25H20FN3O2/c1-16(28-24(30)18-5-8-22(26)9-6-18)19-7-10-23-20(14-19)11-12-29(23)25(31)21-4-2-3-17(13-21)15-27/h2-10,13-14,16H,11-12H2,1H3,(H,28,30). The number of fused-ring (bicyclic) bond motifs is 1. The van der Waals surface area contributed by atoms with Crippen LogP contribution in [0.4, 0.5) is 10.1 Å². The second-order valence-corrected chi connectivity index (χ2v) is 7.49. The zero-order chi connectivity index (χ0) is 22.0. The number of rotatable bonds is 4. The molecule has 3 aromatic rings. The number of hydrogen-bond donors (Lipinski definition) is 1. The van der Waals surface area contributed by atoms with Crippen molar-refractivity contribution in [3.8, 4) is 6.07 Å². The predicted molar refractivity (Wildman–Crippen MR) is 115 cm³/mol. The summed E-state index contributed by atoms with van der Waals surface area (Å²) in [5.41, 5.74) is 4.13. The maximum atomic E-state index is 13.1. The molecule has 5 nitrogen and oxygen atoms in total. The van der Waals surface area contributed by atoms with Gasteiger partial charge in [0.25, 0.3) is 11.8 Å². The lowest BCUT2D eigenvalue weighted by atomic mass is 10.0. The molecule has 1 N–H and O–H groups in total. The van der Waals surface area contributed by atoms with Gasteiger partial charge in [0.15, 0.2) is 0 Å². The minimum absolute atomic E-state index is 0.138. The molecule has 0 radical (unpaired) electrons. The van der Waals surface area contributed by atoms with Crippen molar-refractivity contribution in [2.75, 3.05) is 11.4 Å². The molecule has 0 aliphatic carbocycles. The molecule has 0 aromatic heterocycles. The predicted octanol–water partition coefficient (Wildman–Crippen LogP) is 4.39. The second-order valence-electron chi connectivity index (χ2n) is 7.49. The molecule has 31 heavy (non-hydrogen) atoms. The van der Waals surface area contributed by atoms with E-state index in [1.54, 1.807) is 29.2 Å². The van der Waals surface area contributed by atoms with Crippen LogP contribution in [0.2, 0.25) is 0 Å². The number of carbonyl (C=O) groups excluding carboxylic acids is 2. The van der Waals surface area contributed by atoms with Crippen LogP contribution in [-0.4, -0.2) is 18.4 Å². The van der Waals surface area contributed by atoms with E-state index in [1.807, 2.05) is 25.1 Å². The Bertz CT molecular complexity index is 1200. The topological polar surface area (TPSA) is 73.2 Å². The molecule has 154 valence electrons. The number of nitrogens with zero attached hydrogens (tertiary/aromatic N) is 2. The van der Waals surface area contributed by atoms with Crippen LogP contribution < -0.4 is 10.2 Å². The van der Waals surface area contributed by atoms with Crippen molar-refractivity contribution in [3.05, 3.63) is 100 Å². The highest BCUT2D eigenvalue weighted by Crippen LogP contribution is 2.32. The van der Waals surface area contributed by atoms with Gasteiger partial charge in [0.1, 0.15) is 5.82 Å². The van der Waals surface area contributed by atoms with Crippen molar-refractivity contribution in [2.24, 2.45) is 0 Å². The number of halogens is 1. The lowest BCUT2D eigenvalue weighted by Gasteiger charge is -2.19. The summed E-state index contributed by atoms with van der Waals surface area (Å²) in [7, 11) is 0. The average Bonchev–Trinajstić information content (AvgIpc) is 3.22. The zero-order valence-electron chi connectivity index (χ0n) is 16.9. The highest BCUT2D eigenvalue weighted by atomic mass is 19.1. The fraction of sp³-hybridized carbons (Fsp3) is 0.160. The van der Waals surface area contributed by atoms with Crippen molar-refractivity contribution in [3.63, 3.8) is 0 Å². The summed E-state index contributed by atoms with van der Waals surface area (Å²) in [6.07, 6.45) is 0.714. The van der Waals surface area contributed by atoms with Crippen LogP contribution >= 0.6 is 0 Å². The smallest absolute Gasteiger partial charge is 0.258 e. The molecule has 6 heteroatoms. The summed E-state index contributed by atoms with van der Waals surface area (Å²) < 4.78 is 13.1. The third kappa shape index (κ3) is 4.17. The first kappa shape index (κ1) is 20.3. The Morgan fingerprint density at radius 3 is 2.58 bits per heavy atom. The van der Waals surface area contributed by atoms with Crippen molar-refractivity contribution >= 4 is 17.5 Å². The SMILES string of the molecule is CC(NC(=O)c1ccc(F)cc1)c1ccc2c(c1)CCN2C(=O)c1cccc(C#N)c1. The first-order valence-corrected chi connectivity index (χ1v) is 9.97. The van der Waals surface area contributed by atoms with Crippen molar-refractivity contribution in [1.29, 1.82) is 5.26 Å². The van der Waals surface area contributed by atoms with Gasteiger partial charge in [0, 0.05) is 23.4 Å². The molecule has 0 saturated heterocycles. The Hall–Kier alpha value is -3.98. The summed E-state index contributed by atoms with van der Waals surface area (Å²) >= 11 is 0. The molecule has 0 saturated carbocycles. The molecule has 1 aliphatic heterocycles. The third-order valence-corrected chi connectivity index (χ3v) is 5.44. The van der Waals surface area contributed by atoms with Crippen molar-refractivity contribution in [1.82, 2.24) is 5.32 Å². The highest BCUT2D eigenvalue weighted by Gasteiger charge is 2.26. The van der Waals surface area contributed by atoms with Crippen molar-refractivity contribution in [2.45, 2.75) is 19.4 Å². The lowest BCUT2D eigenvalue weighted by molar-refractivity contribution is 0.0938. The van der Waals surface area contributed by atoms with Crippen LogP contribution in [0.3, 0.4) is 0 Å². The normalized spacial score (nSPS) is 13.3. The Labute approximate surface area is 179 Å². The molecule has 3 aromatic carbocycles. The number of hydrogen-bond acceptors (Lipinski definition) is 3. The van der Waals surface area contributed by atoms with Gasteiger partial charge in [-0.25, -0.2) is 4.39 Å². The average molecular weight is 413 g/mol. The van der Waals surface area contributed by atoms with E-state index in [2.05, 4.69) is 11.4 Å². The van der Waals surface area contributed by atoms with E-state index in [-0.39, 0.29) is 23.7 Å². The number of nitriles is 1. The van der Waals surface area contributed by atoms with E-state index in [0.29, 0.717) is 29.7 Å². The lowest BCUT2D eigenvalue weighted by Crippen LogP contribution is -2.29. The second kappa shape index (κ2) is 8.41. The minimum Gasteiger partial charge on any atom is -0.346 e. The molecule has 0 bridgehead atoms. The van der Waals surface area contributed by atoms with E-state index in [4.69, 9.17) is 5.26 Å². The fourth-order valence-electron chi connectivity index (χ4n) is 3.74. The van der Waals surface area contributed by atoms with Gasteiger partial charge in [-0.1, -0.05) is 18.2 Å². The van der Waals surface area contributed by atoms with Crippen LogP contribution in [0.25, 0.3) is 0 Å². The van der Waals surface area contributed by atoms with E-state index in [1.165, 1.54) is 24.3 Å². The molecule has 1 atom stereocenters. The van der Waals surface area contributed by atoms with Crippen LogP contribution in [0.5, 0.6) is 0 Å². The summed E-state index contributed by atoms with van der Waals surface area (Å²) in [6, 6.07) is 19.7. The van der Waals surface area contributed by atoms with E-state index in [0.717, 1.165) is 16.8 Å². The molecule has 2 amide bonds. The van der Waals surface area contributed by atoms with Crippen LogP contribution in [0, 0.1) is 17.1 Å². The maximum absolute atomic E-state index is 13.1. The minimum atomic E-state index is -0.387. The van der Waals surface area contributed by atoms with E-state index >= 15 is 0 Å². The Kier molecular flexibility index (Phi) is 5.50. The fourth-order valence-corrected chi connectivity index (χ4v) is 3.74. The Morgan fingerprint density at radius 1 is 1.06 bits per heavy atom. The first-order valence-electron chi connectivity index (χ1n) is 9.97. The number of nitrogens with one attached hydrogen (secondary N) is 1. The summed E-state index contributed by atoms with van der Waals surface area (Å²) in [5.74, 6) is -0.801. The van der Waals surface area contributed by atoms with Gasteiger partial charge in [-0.2, -0.15) is 5.26 Å². The Balaban J connectivity index is 1.50. The number of carbonyl (C=O) groups is 2. The molecular formula is C25H20FN3O2. The molecule has 4 rings (SSSR count). The highest BCUT2D eigenvalue weighted by molar-refractivity contribution is 6.07. The van der Waals surface area contributed by atoms with Gasteiger partial charge in [-0.05, 0) is 73.0 Å². The maximum Gasteiger partial charge on any atom is 0.258 e. The zero-order valence-corrected chi connectivity index (χ0v) is 16.9. The molecule has 1 unspecified atom stereocenters. The largest absolute Gasteiger partial charge is 0.346 e. The Morgan fingerprint density at radius 2 is 1.84 bits per heavy atom. The number of anilines is 1. The molecular weight excluding hydrogens is 393 g/mol.